The zero-order chi connectivity index (χ0) is 20.9. The molecule has 0 bridgehead atoms. The second-order valence-electron chi connectivity index (χ2n) is 7.47. The number of nitrogens with two attached hydrogens (primary N) is 1. The van der Waals surface area contributed by atoms with Crippen LogP contribution >= 0.6 is 0 Å². The molecule has 7 nitrogen and oxygen atoms in total. The van der Waals surface area contributed by atoms with Crippen LogP contribution in [0.25, 0.3) is 0 Å². The van der Waals surface area contributed by atoms with E-state index in [1.54, 1.807) is 7.11 Å². The van der Waals surface area contributed by atoms with Crippen LogP contribution in [0.1, 0.15) is 38.2 Å². The molecule has 1 fully saturated rings. The lowest BCUT2D eigenvalue weighted by Gasteiger charge is -2.30. The zero-order valence-corrected chi connectivity index (χ0v) is 18.0. The number of piperidine rings is 1. The fourth-order valence-corrected chi connectivity index (χ4v) is 3.65. The highest BCUT2D eigenvalue weighted by molar-refractivity contribution is 5.79. The maximum Gasteiger partial charge on any atom is 0.220 e. The van der Waals surface area contributed by atoms with Crippen molar-refractivity contribution in [3.63, 3.8) is 0 Å². The average Bonchev–Trinajstić information content (AvgIpc) is 2.74. The summed E-state index contributed by atoms with van der Waals surface area (Å²) in [5.41, 5.74) is 6.59. The Hall–Kier alpha value is -2.28. The number of unbranched alkanes of at least 4 members (excludes halogenated alkanes) is 1. The number of ether oxygens (including phenoxy) is 1. The van der Waals surface area contributed by atoms with Crippen LogP contribution in [-0.2, 0) is 11.2 Å². The van der Waals surface area contributed by atoms with Crippen molar-refractivity contribution < 1.29 is 9.53 Å². The Labute approximate surface area is 175 Å². The van der Waals surface area contributed by atoms with E-state index < -0.39 is 0 Å². The molecule has 0 saturated carbocycles. The van der Waals surface area contributed by atoms with E-state index in [0.717, 1.165) is 83.1 Å². The van der Waals surface area contributed by atoms with Crippen LogP contribution < -0.4 is 21.1 Å². The van der Waals surface area contributed by atoms with Crippen molar-refractivity contribution in [3.8, 4) is 5.75 Å². The van der Waals surface area contributed by atoms with E-state index in [1.807, 2.05) is 18.2 Å². The van der Waals surface area contributed by atoms with Crippen molar-refractivity contribution in [2.24, 2.45) is 16.6 Å². The van der Waals surface area contributed by atoms with Crippen molar-refractivity contribution in [3.05, 3.63) is 29.8 Å². The molecule has 7 heteroatoms. The highest BCUT2D eigenvalue weighted by atomic mass is 16.5. The normalized spacial score (nSPS) is 15.9. The number of rotatable bonds is 11. The number of carbonyl (C=O) groups is 1. The van der Waals surface area contributed by atoms with Gasteiger partial charge in [-0.1, -0.05) is 18.2 Å². The van der Waals surface area contributed by atoms with E-state index in [4.69, 9.17) is 10.5 Å². The van der Waals surface area contributed by atoms with Crippen LogP contribution in [0.3, 0.4) is 0 Å². The third-order valence-electron chi connectivity index (χ3n) is 5.37. The average molecular weight is 404 g/mol. The number of carbonyl (C=O) groups excluding carboxylic acids is 1. The molecule has 0 atom stereocenters. The largest absolute Gasteiger partial charge is 0.496 e. The summed E-state index contributed by atoms with van der Waals surface area (Å²) in [6, 6.07) is 8.11. The van der Waals surface area contributed by atoms with E-state index in [-0.39, 0.29) is 11.8 Å². The third kappa shape index (κ3) is 8.31. The lowest BCUT2D eigenvalue weighted by molar-refractivity contribution is -0.123. The molecule has 0 radical (unpaired) electrons. The number of benzene rings is 1. The topological polar surface area (TPSA) is 92.0 Å². The van der Waals surface area contributed by atoms with E-state index in [2.05, 4.69) is 33.5 Å². The van der Waals surface area contributed by atoms with E-state index >= 15 is 0 Å². The van der Waals surface area contributed by atoms with Crippen molar-refractivity contribution in [1.82, 2.24) is 15.5 Å². The molecular formula is C22H37N5O2. The first-order valence-corrected chi connectivity index (χ1v) is 10.8. The molecule has 0 spiro atoms. The summed E-state index contributed by atoms with van der Waals surface area (Å²) in [6.07, 6.45) is 4.85. The highest BCUT2D eigenvalue weighted by Gasteiger charge is 2.22. The van der Waals surface area contributed by atoms with Gasteiger partial charge in [-0.3, -0.25) is 9.79 Å². The number of guanidine groups is 1. The van der Waals surface area contributed by atoms with Crippen LogP contribution in [0.5, 0.6) is 5.75 Å². The SMILES string of the molecule is CCNC(=NCCCCN1CCC(C(N)=O)CC1)NCCc1ccccc1OC. The molecule has 1 aliphatic heterocycles. The van der Waals surface area contributed by atoms with Gasteiger partial charge in [0.05, 0.1) is 7.11 Å². The Kier molecular flexibility index (Phi) is 10.3. The molecule has 1 amide bonds. The minimum atomic E-state index is -0.145. The van der Waals surface area contributed by atoms with Gasteiger partial charge in [-0.05, 0) is 70.3 Å². The Morgan fingerprint density at radius 3 is 2.69 bits per heavy atom. The molecule has 0 aromatic heterocycles. The van der Waals surface area contributed by atoms with Crippen LogP contribution in [0.2, 0.25) is 0 Å². The van der Waals surface area contributed by atoms with Gasteiger partial charge in [-0.2, -0.15) is 0 Å². The number of methoxy groups -OCH3 is 1. The predicted octanol–water partition coefficient (Wildman–Crippen LogP) is 1.77. The Morgan fingerprint density at radius 1 is 1.24 bits per heavy atom. The van der Waals surface area contributed by atoms with Crippen molar-refractivity contribution >= 4 is 11.9 Å². The van der Waals surface area contributed by atoms with Crippen LogP contribution in [-0.4, -0.2) is 63.1 Å². The summed E-state index contributed by atoms with van der Waals surface area (Å²) in [7, 11) is 1.71. The van der Waals surface area contributed by atoms with Crippen molar-refractivity contribution in [2.75, 3.05) is 46.4 Å². The van der Waals surface area contributed by atoms with Gasteiger partial charge in [0.1, 0.15) is 5.75 Å². The number of nitrogens with one attached hydrogen (secondary N) is 2. The smallest absolute Gasteiger partial charge is 0.220 e. The van der Waals surface area contributed by atoms with Gasteiger partial charge in [0.25, 0.3) is 0 Å². The van der Waals surface area contributed by atoms with Gasteiger partial charge in [0.2, 0.25) is 5.91 Å². The number of likely N-dealkylation sites (tertiary alicyclic amines) is 1. The fourth-order valence-electron chi connectivity index (χ4n) is 3.65. The second-order valence-corrected chi connectivity index (χ2v) is 7.47. The maximum atomic E-state index is 11.2. The quantitative estimate of drug-likeness (QED) is 0.298. The Bertz CT molecular complexity index is 642. The number of primary amides is 1. The molecule has 1 aromatic rings. The molecule has 1 saturated heterocycles. The standard InChI is InChI=1S/C22H37N5O2/c1-3-24-22(26-14-10-18-8-4-5-9-20(18)29-2)25-13-6-7-15-27-16-11-19(12-17-27)21(23)28/h4-5,8-9,19H,3,6-7,10-17H2,1-2H3,(H2,23,28)(H2,24,25,26). The van der Waals surface area contributed by atoms with Gasteiger partial charge in [0, 0.05) is 25.6 Å². The first kappa shape index (κ1) is 23.0. The molecule has 0 unspecified atom stereocenters. The molecule has 0 aliphatic carbocycles. The van der Waals surface area contributed by atoms with Gasteiger partial charge < -0.3 is 26.0 Å². The van der Waals surface area contributed by atoms with Crippen LogP contribution in [0, 0.1) is 5.92 Å². The minimum Gasteiger partial charge on any atom is -0.496 e. The fraction of sp³-hybridized carbons (Fsp3) is 0.636. The minimum absolute atomic E-state index is 0.0699. The summed E-state index contributed by atoms with van der Waals surface area (Å²) in [5.74, 6) is 1.72. The summed E-state index contributed by atoms with van der Waals surface area (Å²) < 4.78 is 5.41. The molecule has 1 aromatic carbocycles. The highest BCUT2D eigenvalue weighted by Crippen LogP contribution is 2.17. The van der Waals surface area contributed by atoms with Gasteiger partial charge in [-0.15, -0.1) is 0 Å². The molecule has 4 N–H and O–H groups in total. The number of aliphatic imine (C=N–C) groups is 1. The summed E-state index contributed by atoms with van der Waals surface area (Å²) >= 11 is 0. The van der Waals surface area contributed by atoms with Gasteiger partial charge in [-0.25, -0.2) is 0 Å². The van der Waals surface area contributed by atoms with Crippen LogP contribution in [0.4, 0.5) is 0 Å². The van der Waals surface area contributed by atoms with Gasteiger partial charge in [0.15, 0.2) is 5.96 Å². The van der Waals surface area contributed by atoms with E-state index in [1.165, 1.54) is 5.56 Å². The molecule has 2 rings (SSSR count). The first-order valence-electron chi connectivity index (χ1n) is 10.8. The molecule has 162 valence electrons. The number of hydrogen-bond acceptors (Lipinski definition) is 4. The summed E-state index contributed by atoms with van der Waals surface area (Å²) in [6.45, 7) is 7.55. The number of amides is 1. The molecular weight excluding hydrogens is 366 g/mol. The monoisotopic (exact) mass is 403 g/mol. The lowest BCUT2D eigenvalue weighted by atomic mass is 9.96. The summed E-state index contributed by atoms with van der Waals surface area (Å²) in [5, 5.41) is 6.71. The number of nitrogens with zero attached hydrogens (tertiary/aromatic N) is 2. The molecule has 1 aliphatic rings. The van der Waals surface area contributed by atoms with Gasteiger partial charge >= 0.3 is 0 Å². The number of hydrogen-bond donors (Lipinski definition) is 3. The Balaban J connectivity index is 1.65. The van der Waals surface area contributed by atoms with Crippen molar-refractivity contribution in [2.45, 2.75) is 39.0 Å². The zero-order valence-electron chi connectivity index (χ0n) is 18.0. The van der Waals surface area contributed by atoms with Crippen LogP contribution in [0.15, 0.2) is 29.3 Å². The molecule has 29 heavy (non-hydrogen) atoms. The van der Waals surface area contributed by atoms with E-state index in [0.29, 0.717) is 0 Å². The molecule has 1 heterocycles. The number of para-hydroxylation sites is 1. The maximum absolute atomic E-state index is 11.2. The lowest BCUT2D eigenvalue weighted by Crippen LogP contribution is -2.39. The Morgan fingerprint density at radius 2 is 2.00 bits per heavy atom. The second kappa shape index (κ2) is 13.0. The van der Waals surface area contributed by atoms with E-state index in [9.17, 15) is 4.79 Å². The summed E-state index contributed by atoms with van der Waals surface area (Å²) in [4.78, 5) is 18.4. The third-order valence-corrected chi connectivity index (χ3v) is 5.37. The van der Waals surface area contributed by atoms with Crippen molar-refractivity contribution in [1.29, 1.82) is 0 Å². The first-order chi connectivity index (χ1) is 14.1. The predicted molar refractivity (Wildman–Crippen MR) is 118 cm³/mol.